The van der Waals surface area contributed by atoms with Crippen LogP contribution in [0.2, 0.25) is 0 Å². The number of sulfone groups is 1. The Hall–Kier alpha value is -1.11. The van der Waals surface area contributed by atoms with E-state index in [-0.39, 0.29) is 12.8 Å². The van der Waals surface area contributed by atoms with Gasteiger partial charge in [-0.1, -0.05) is 0 Å². The van der Waals surface area contributed by atoms with E-state index in [1.807, 2.05) is 0 Å². The molecule has 0 spiro atoms. The van der Waals surface area contributed by atoms with Gasteiger partial charge >= 0.3 is 5.97 Å². The number of rotatable bonds is 6. The fourth-order valence-corrected chi connectivity index (χ4v) is 1.56. The number of carbonyl (C=O) groups excluding carboxylic acids is 1. The Morgan fingerprint density at radius 2 is 1.82 bits per heavy atom. The molecule has 0 aromatic heterocycles. The molecule has 1 atom stereocenters. The highest BCUT2D eigenvalue weighted by molar-refractivity contribution is 7.92. The van der Waals surface area contributed by atoms with Crippen molar-refractivity contribution in [3.8, 4) is 0 Å². The molecule has 0 aliphatic heterocycles. The molecular weight excluding hydrogens is 246 g/mol. The largest absolute Gasteiger partial charge is 0.481 e. The molecule has 0 saturated carbocycles. The topological polar surface area (TPSA) is 101 Å². The van der Waals surface area contributed by atoms with Crippen molar-refractivity contribution in [2.75, 3.05) is 6.26 Å². The lowest BCUT2D eigenvalue weighted by Crippen LogP contribution is -2.49. The van der Waals surface area contributed by atoms with E-state index in [9.17, 15) is 18.0 Å². The van der Waals surface area contributed by atoms with E-state index in [0.717, 1.165) is 6.26 Å². The number of hydrogen-bond donors (Lipinski definition) is 2. The molecule has 6 nitrogen and oxygen atoms in total. The first-order valence-corrected chi connectivity index (χ1v) is 7.14. The molecule has 0 saturated heterocycles. The van der Waals surface area contributed by atoms with Crippen molar-refractivity contribution in [3.63, 3.8) is 0 Å². The number of carboxylic acid groups (broad SMARTS) is 1. The van der Waals surface area contributed by atoms with Crippen LogP contribution < -0.4 is 5.32 Å². The minimum absolute atomic E-state index is 0.0828. The third-order valence-electron chi connectivity index (χ3n) is 2.44. The van der Waals surface area contributed by atoms with Crippen LogP contribution in [-0.4, -0.2) is 42.4 Å². The van der Waals surface area contributed by atoms with Crippen LogP contribution in [0.15, 0.2) is 0 Å². The summed E-state index contributed by atoms with van der Waals surface area (Å²) < 4.78 is 22.3. The van der Waals surface area contributed by atoms with Crippen molar-refractivity contribution in [2.24, 2.45) is 0 Å². The summed E-state index contributed by atoms with van der Waals surface area (Å²) in [5, 5.41) is 9.94. The van der Waals surface area contributed by atoms with Gasteiger partial charge in [0.2, 0.25) is 5.91 Å². The van der Waals surface area contributed by atoms with E-state index in [1.165, 1.54) is 6.92 Å². The van der Waals surface area contributed by atoms with Crippen LogP contribution in [0, 0.1) is 0 Å². The zero-order chi connectivity index (χ0) is 13.9. The van der Waals surface area contributed by atoms with Crippen LogP contribution in [0.1, 0.15) is 33.6 Å². The van der Waals surface area contributed by atoms with Crippen molar-refractivity contribution < 1.29 is 23.1 Å². The normalized spacial score (nSPS) is 14.1. The molecule has 1 amide bonds. The maximum atomic E-state index is 11.6. The van der Waals surface area contributed by atoms with Crippen molar-refractivity contribution in [2.45, 2.75) is 44.4 Å². The molecule has 2 N–H and O–H groups in total. The van der Waals surface area contributed by atoms with Gasteiger partial charge in [-0.2, -0.15) is 0 Å². The van der Waals surface area contributed by atoms with Crippen LogP contribution >= 0.6 is 0 Å². The Labute approximate surface area is 101 Å². The van der Waals surface area contributed by atoms with Gasteiger partial charge in [-0.3, -0.25) is 9.59 Å². The molecule has 100 valence electrons. The number of hydrogen-bond acceptors (Lipinski definition) is 4. The predicted octanol–water partition coefficient (Wildman–Crippen LogP) is 0.179. The van der Waals surface area contributed by atoms with E-state index < -0.39 is 32.5 Å². The molecule has 0 aromatic carbocycles. The van der Waals surface area contributed by atoms with Crippen LogP contribution in [0.5, 0.6) is 0 Å². The third kappa shape index (κ3) is 6.25. The predicted molar refractivity (Wildman–Crippen MR) is 63.4 cm³/mol. The van der Waals surface area contributed by atoms with Crippen molar-refractivity contribution >= 4 is 21.7 Å². The molecule has 17 heavy (non-hydrogen) atoms. The molecule has 0 aromatic rings. The van der Waals surface area contributed by atoms with E-state index in [2.05, 4.69) is 5.32 Å². The second kappa shape index (κ2) is 5.48. The van der Waals surface area contributed by atoms with Gasteiger partial charge < -0.3 is 10.4 Å². The standard InChI is InChI=1S/C10H19NO5S/c1-7(17(4,15)16)9(14)11-10(2,3)6-5-8(12)13/h7H,5-6H2,1-4H3,(H,11,14)(H,12,13). The van der Waals surface area contributed by atoms with Crippen molar-refractivity contribution in [3.05, 3.63) is 0 Å². The van der Waals surface area contributed by atoms with Gasteiger partial charge in [0.25, 0.3) is 0 Å². The second-order valence-electron chi connectivity index (χ2n) is 4.74. The molecule has 0 aliphatic carbocycles. The summed E-state index contributed by atoms with van der Waals surface area (Å²) in [6.45, 7) is 4.61. The van der Waals surface area contributed by atoms with Gasteiger partial charge in [0.15, 0.2) is 9.84 Å². The van der Waals surface area contributed by atoms with Crippen molar-refractivity contribution in [1.29, 1.82) is 0 Å². The summed E-state index contributed by atoms with van der Waals surface area (Å²) in [5.41, 5.74) is -0.742. The monoisotopic (exact) mass is 265 g/mol. The highest BCUT2D eigenvalue weighted by Gasteiger charge is 2.29. The van der Waals surface area contributed by atoms with Crippen LogP contribution in [-0.2, 0) is 19.4 Å². The Bertz CT molecular complexity index is 399. The number of amides is 1. The first-order chi connectivity index (χ1) is 7.46. The minimum Gasteiger partial charge on any atom is -0.481 e. The lowest BCUT2D eigenvalue weighted by Gasteiger charge is -2.27. The lowest BCUT2D eigenvalue weighted by atomic mass is 9.98. The van der Waals surface area contributed by atoms with Gasteiger partial charge in [0.1, 0.15) is 5.25 Å². The summed E-state index contributed by atoms with van der Waals surface area (Å²) in [6.07, 6.45) is 1.15. The van der Waals surface area contributed by atoms with Gasteiger partial charge in [-0.05, 0) is 27.2 Å². The third-order valence-corrected chi connectivity index (χ3v) is 3.94. The van der Waals surface area contributed by atoms with Crippen LogP contribution in [0.4, 0.5) is 0 Å². The van der Waals surface area contributed by atoms with E-state index >= 15 is 0 Å². The maximum Gasteiger partial charge on any atom is 0.303 e. The number of carbonyl (C=O) groups is 2. The Morgan fingerprint density at radius 1 is 1.35 bits per heavy atom. The quantitative estimate of drug-likeness (QED) is 0.713. The summed E-state index contributed by atoms with van der Waals surface area (Å²) in [4.78, 5) is 22.0. The summed E-state index contributed by atoms with van der Waals surface area (Å²) in [7, 11) is -3.43. The Morgan fingerprint density at radius 3 is 2.18 bits per heavy atom. The highest BCUT2D eigenvalue weighted by Crippen LogP contribution is 2.12. The van der Waals surface area contributed by atoms with Gasteiger partial charge in [-0.25, -0.2) is 8.42 Å². The molecule has 0 rings (SSSR count). The smallest absolute Gasteiger partial charge is 0.303 e. The average molecular weight is 265 g/mol. The molecule has 0 radical (unpaired) electrons. The molecule has 1 unspecified atom stereocenters. The molecule has 0 fully saturated rings. The first-order valence-electron chi connectivity index (χ1n) is 5.18. The van der Waals surface area contributed by atoms with E-state index in [1.54, 1.807) is 13.8 Å². The number of aliphatic carboxylic acids is 1. The second-order valence-corrected chi connectivity index (χ2v) is 7.10. The zero-order valence-electron chi connectivity index (χ0n) is 10.5. The SMILES string of the molecule is CC(C(=O)NC(C)(C)CCC(=O)O)S(C)(=O)=O. The van der Waals surface area contributed by atoms with Gasteiger partial charge in [-0.15, -0.1) is 0 Å². The number of nitrogens with one attached hydrogen (secondary N) is 1. The molecule has 0 bridgehead atoms. The Balaban J connectivity index is 4.52. The fourth-order valence-electron chi connectivity index (χ4n) is 1.11. The molecular formula is C10H19NO5S. The molecule has 7 heteroatoms. The Kier molecular flexibility index (Phi) is 5.12. The number of carboxylic acids is 1. The van der Waals surface area contributed by atoms with E-state index in [4.69, 9.17) is 5.11 Å². The summed E-state index contributed by atoms with van der Waals surface area (Å²) >= 11 is 0. The highest BCUT2D eigenvalue weighted by atomic mass is 32.2. The summed E-state index contributed by atoms with van der Waals surface area (Å²) in [5.74, 6) is -1.56. The van der Waals surface area contributed by atoms with Gasteiger partial charge in [0, 0.05) is 18.2 Å². The lowest BCUT2D eigenvalue weighted by molar-refractivity contribution is -0.137. The summed E-state index contributed by atoms with van der Waals surface area (Å²) in [6, 6.07) is 0. The first kappa shape index (κ1) is 15.9. The fraction of sp³-hybridized carbons (Fsp3) is 0.800. The van der Waals surface area contributed by atoms with Crippen molar-refractivity contribution in [1.82, 2.24) is 5.32 Å². The van der Waals surface area contributed by atoms with Crippen LogP contribution in [0.25, 0.3) is 0 Å². The van der Waals surface area contributed by atoms with Gasteiger partial charge in [0.05, 0.1) is 0 Å². The molecule has 0 heterocycles. The van der Waals surface area contributed by atoms with Crippen LogP contribution in [0.3, 0.4) is 0 Å². The minimum atomic E-state index is -3.43. The maximum absolute atomic E-state index is 11.6. The van der Waals surface area contributed by atoms with E-state index in [0.29, 0.717) is 0 Å². The molecule has 0 aliphatic rings. The average Bonchev–Trinajstić information content (AvgIpc) is 2.11. The zero-order valence-corrected chi connectivity index (χ0v) is 11.3.